The topological polar surface area (TPSA) is 52.6 Å². The molecular formula is C7H13Cl3N2O2. The summed E-state index contributed by atoms with van der Waals surface area (Å²) in [4.78, 5) is 12.8. The molecular weight excluding hydrogens is 250 g/mol. The first-order chi connectivity index (χ1) is 6.32. The highest BCUT2D eigenvalue weighted by Gasteiger charge is 2.32. The van der Waals surface area contributed by atoms with Crippen molar-refractivity contribution in [3.05, 3.63) is 0 Å². The minimum atomic E-state index is -1.91. The average molecular weight is 264 g/mol. The van der Waals surface area contributed by atoms with E-state index in [0.29, 0.717) is 13.1 Å². The standard InChI is InChI=1S/C7H13Cl3N2O2/c1-3-12(4-2)6(14)11-5(13)7(8,9)10/h5,13H,3-4H2,1-2H3,(H,11,14). The van der Waals surface area contributed by atoms with Crippen LogP contribution in [0.3, 0.4) is 0 Å². The fraction of sp³-hybridized carbons (Fsp3) is 0.857. The predicted octanol–water partition coefficient (Wildman–Crippen LogP) is 1.73. The molecule has 0 spiro atoms. The lowest BCUT2D eigenvalue weighted by molar-refractivity contribution is 0.130. The van der Waals surface area contributed by atoms with E-state index in [2.05, 4.69) is 5.32 Å². The summed E-state index contributed by atoms with van der Waals surface area (Å²) in [5.41, 5.74) is 0. The first-order valence-electron chi connectivity index (χ1n) is 4.13. The molecule has 0 aliphatic rings. The summed E-state index contributed by atoms with van der Waals surface area (Å²) in [6.45, 7) is 4.67. The smallest absolute Gasteiger partial charge is 0.319 e. The Labute approximate surface area is 98.1 Å². The van der Waals surface area contributed by atoms with Crippen molar-refractivity contribution in [1.82, 2.24) is 10.2 Å². The molecule has 0 heterocycles. The molecule has 0 radical (unpaired) electrons. The molecule has 0 rings (SSSR count). The van der Waals surface area contributed by atoms with Crippen LogP contribution in [0.5, 0.6) is 0 Å². The van der Waals surface area contributed by atoms with Gasteiger partial charge in [-0.3, -0.25) is 0 Å². The van der Waals surface area contributed by atoms with Crippen molar-refractivity contribution in [2.45, 2.75) is 23.9 Å². The molecule has 2 amide bonds. The molecule has 1 unspecified atom stereocenters. The second-order valence-electron chi connectivity index (χ2n) is 2.57. The van der Waals surface area contributed by atoms with Crippen LogP contribution in [0, 0.1) is 0 Å². The molecule has 0 saturated heterocycles. The van der Waals surface area contributed by atoms with Crippen molar-refractivity contribution in [3.63, 3.8) is 0 Å². The van der Waals surface area contributed by atoms with Crippen LogP contribution < -0.4 is 5.32 Å². The highest BCUT2D eigenvalue weighted by Crippen LogP contribution is 2.28. The fourth-order valence-electron chi connectivity index (χ4n) is 0.801. The lowest BCUT2D eigenvalue weighted by atomic mass is 10.5. The molecule has 14 heavy (non-hydrogen) atoms. The molecule has 0 saturated carbocycles. The van der Waals surface area contributed by atoms with E-state index in [9.17, 15) is 9.90 Å². The molecule has 1 atom stereocenters. The lowest BCUT2D eigenvalue weighted by Crippen LogP contribution is -2.49. The Kier molecular flexibility index (Phi) is 5.90. The maximum Gasteiger partial charge on any atom is 0.319 e. The van der Waals surface area contributed by atoms with E-state index in [0.717, 1.165) is 0 Å². The molecule has 0 aromatic carbocycles. The molecule has 0 aromatic rings. The van der Waals surface area contributed by atoms with Gasteiger partial charge in [-0.15, -0.1) is 0 Å². The Morgan fingerprint density at radius 2 is 1.86 bits per heavy atom. The number of hydrogen-bond acceptors (Lipinski definition) is 2. The number of hydrogen-bond donors (Lipinski definition) is 2. The summed E-state index contributed by atoms with van der Waals surface area (Å²) in [6.07, 6.45) is -1.51. The molecule has 0 aromatic heterocycles. The number of alkyl halides is 3. The van der Waals surface area contributed by atoms with Crippen LogP contribution in [0.1, 0.15) is 13.8 Å². The third-order valence-corrected chi connectivity index (χ3v) is 2.24. The summed E-state index contributed by atoms with van der Waals surface area (Å²) in [5.74, 6) is 0. The summed E-state index contributed by atoms with van der Waals surface area (Å²) in [5, 5.41) is 11.4. The number of halogens is 3. The number of rotatable bonds is 3. The van der Waals surface area contributed by atoms with Crippen molar-refractivity contribution in [2.75, 3.05) is 13.1 Å². The van der Waals surface area contributed by atoms with Gasteiger partial charge < -0.3 is 15.3 Å². The zero-order valence-corrected chi connectivity index (χ0v) is 10.2. The highest BCUT2D eigenvalue weighted by atomic mass is 35.6. The number of aliphatic hydroxyl groups is 1. The van der Waals surface area contributed by atoms with E-state index in [1.807, 2.05) is 13.8 Å². The van der Waals surface area contributed by atoms with E-state index >= 15 is 0 Å². The zero-order chi connectivity index (χ0) is 11.4. The molecule has 0 aliphatic carbocycles. The Morgan fingerprint density at radius 3 is 2.14 bits per heavy atom. The van der Waals surface area contributed by atoms with Crippen LogP contribution in [0.25, 0.3) is 0 Å². The van der Waals surface area contributed by atoms with Crippen LogP contribution in [0.4, 0.5) is 4.79 Å². The molecule has 4 nitrogen and oxygen atoms in total. The number of carbonyl (C=O) groups excluding carboxylic acids is 1. The van der Waals surface area contributed by atoms with Gasteiger partial charge in [0.25, 0.3) is 0 Å². The van der Waals surface area contributed by atoms with Gasteiger partial charge in [-0.25, -0.2) is 4.79 Å². The summed E-state index contributed by atoms with van der Waals surface area (Å²) >= 11 is 16.1. The van der Waals surface area contributed by atoms with Gasteiger partial charge in [-0.1, -0.05) is 34.8 Å². The van der Waals surface area contributed by atoms with Crippen LogP contribution in [-0.4, -0.2) is 39.1 Å². The molecule has 0 aliphatic heterocycles. The maximum atomic E-state index is 11.3. The lowest BCUT2D eigenvalue weighted by Gasteiger charge is -2.25. The van der Waals surface area contributed by atoms with Gasteiger partial charge in [0.15, 0.2) is 6.23 Å². The average Bonchev–Trinajstić information content (AvgIpc) is 2.04. The Hall–Kier alpha value is 0.1000. The first kappa shape index (κ1) is 14.1. The van der Waals surface area contributed by atoms with Crippen LogP contribution >= 0.6 is 34.8 Å². The molecule has 0 bridgehead atoms. The van der Waals surface area contributed by atoms with Gasteiger partial charge in [0.2, 0.25) is 3.79 Å². The molecule has 7 heteroatoms. The van der Waals surface area contributed by atoms with E-state index in [1.54, 1.807) is 0 Å². The minimum Gasteiger partial charge on any atom is -0.369 e. The normalized spacial score (nSPS) is 13.6. The van der Waals surface area contributed by atoms with Gasteiger partial charge in [-0.2, -0.15) is 0 Å². The van der Waals surface area contributed by atoms with E-state index in [4.69, 9.17) is 34.8 Å². The van der Waals surface area contributed by atoms with Crippen molar-refractivity contribution in [3.8, 4) is 0 Å². The van der Waals surface area contributed by atoms with Crippen molar-refractivity contribution < 1.29 is 9.90 Å². The van der Waals surface area contributed by atoms with Gasteiger partial charge in [0, 0.05) is 13.1 Å². The monoisotopic (exact) mass is 262 g/mol. The summed E-state index contributed by atoms with van der Waals surface area (Å²) < 4.78 is -1.91. The van der Waals surface area contributed by atoms with Crippen LogP contribution in [0.15, 0.2) is 0 Å². The summed E-state index contributed by atoms with van der Waals surface area (Å²) in [7, 11) is 0. The van der Waals surface area contributed by atoms with Gasteiger partial charge >= 0.3 is 6.03 Å². The molecule has 84 valence electrons. The van der Waals surface area contributed by atoms with Gasteiger partial charge in [-0.05, 0) is 13.8 Å². The Balaban J connectivity index is 4.18. The third-order valence-electron chi connectivity index (χ3n) is 1.62. The zero-order valence-electron chi connectivity index (χ0n) is 7.93. The quantitative estimate of drug-likeness (QED) is 0.602. The fourth-order valence-corrected chi connectivity index (χ4v) is 0.965. The number of amides is 2. The largest absolute Gasteiger partial charge is 0.369 e. The third kappa shape index (κ3) is 4.55. The second kappa shape index (κ2) is 5.85. The predicted molar refractivity (Wildman–Crippen MR) is 57.7 cm³/mol. The minimum absolute atomic E-state index is 0.464. The van der Waals surface area contributed by atoms with Crippen LogP contribution in [-0.2, 0) is 0 Å². The highest BCUT2D eigenvalue weighted by molar-refractivity contribution is 6.68. The molecule has 2 N–H and O–H groups in total. The van der Waals surface area contributed by atoms with Crippen molar-refractivity contribution >= 4 is 40.8 Å². The summed E-state index contributed by atoms with van der Waals surface area (Å²) in [6, 6.07) is -0.464. The number of aliphatic hydroxyl groups excluding tert-OH is 1. The van der Waals surface area contributed by atoms with Crippen molar-refractivity contribution in [1.29, 1.82) is 0 Å². The van der Waals surface area contributed by atoms with Gasteiger partial charge in [0.1, 0.15) is 0 Å². The van der Waals surface area contributed by atoms with Crippen molar-refractivity contribution in [2.24, 2.45) is 0 Å². The number of nitrogens with one attached hydrogen (secondary N) is 1. The Morgan fingerprint density at radius 1 is 1.43 bits per heavy atom. The number of nitrogens with zero attached hydrogens (tertiary/aromatic N) is 1. The van der Waals surface area contributed by atoms with E-state index in [1.165, 1.54) is 4.90 Å². The van der Waals surface area contributed by atoms with Gasteiger partial charge in [0.05, 0.1) is 0 Å². The van der Waals surface area contributed by atoms with E-state index < -0.39 is 16.1 Å². The Bertz CT molecular complexity index is 192. The number of carbonyl (C=O) groups is 1. The number of urea groups is 1. The SMILES string of the molecule is CCN(CC)C(=O)NC(O)C(Cl)(Cl)Cl. The van der Waals surface area contributed by atoms with E-state index in [-0.39, 0.29) is 0 Å². The maximum absolute atomic E-state index is 11.3. The second-order valence-corrected chi connectivity index (χ2v) is 4.93. The van der Waals surface area contributed by atoms with Crippen LogP contribution in [0.2, 0.25) is 0 Å². The first-order valence-corrected chi connectivity index (χ1v) is 5.26. The molecule has 0 fully saturated rings.